The molecule has 2 aromatic carbocycles. The molecule has 0 radical (unpaired) electrons. The number of thioether (sulfide) groups is 1. The Morgan fingerprint density at radius 2 is 1.95 bits per heavy atom. The van der Waals surface area contributed by atoms with Crippen molar-refractivity contribution in [2.75, 3.05) is 25.2 Å². The van der Waals surface area contributed by atoms with E-state index < -0.39 is 5.60 Å². The van der Waals surface area contributed by atoms with Crippen LogP contribution in [0.5, 0.6) is 5.75 Å². The van der Waals surface area contributed by atoms with Gasteiger partial charge in [0.05, 0.1) is 12.7 Å². The quantitative estimate of drug-likeness (QED) is 0.888. The maximum Gasteiger partial charge on any atom is 0.123 e. The molecule has 0 aromatic heterocycles. The number of benzene rings is 2. The molecule has 0 atom stereocenters. The molecule has 1 aliphatic rings. The first-order valence-electron chi connectivity index (χ1n) is 7.77. The van der Waals surface area contributed by atoms with E-state index in [1.54, 1.807) is 7.11 Å². The number of aliphatic hydroxyl groups is 1. The van der Waals surface area contributed by atoms with E-state index in [4.69, 9.17) is 4.74 Å². The van der Waals surface area contributed by atoms with Gasteiger partial charge >= 0.3 is 0 Å². The van der Waals surface area contributed by atoms with E-state index in [2.05, 4.69) is 35.6 Å². The summed E-state index contributed by atoms with van der Waals surface area (Å²) in [7, 11) is 1.71. The smallest absolute Gasteiger partial charge is 0.123 e. The van der Waals surface area contributed by atoms with Crippen LogP contribution in [0.3, 0.4) is 0 Å². The van der Waals surface area contributed by atoms with E-state index in [0.29, 0.717) is 13.1 Å². The lowest BCUT2D eigenvalue weighted by Crippen LogP contribution is -2.43. The normalized spacial score (nSPS) is 17.5. The summed E-state index contributed by atoms with van der Waals surface area (Å²) in [5.41, 5.74) is 0.609. The van der Waals surface area contributed by atoms with Crippen LogP contribution in [-0.4, -0.2) is 35.9 Å². The van der Waals surface area contributed by atoms with Crippen molar-refractivity contribution < 1.29 is 9.84 Å². The summed E-state index contributed by atoms with van der Waals surface area (Å²) in [6, 6.07) is 12.4. The van der Waals surface area contributed by atoms with Crippen molar-refractivity contribution in [2.24, 2.45) is 0 Å². The monoisotopic (exact) mass is 317 g/mol. The Balaban J connectivity index is 1.75. The third-order valence-electron chi connectivity index (χ3n) is 4.40. The molecular formula is C18H23NO2S. The molecule has 0 spiro atoms. The van der Waals surface area contributed by atoms with E-state index in [0.717, 1.165) is 35.7 Å². The third kappa shape index (κ3) is 3.40. The Kier molecular flexibility index (Phi) is 4.91. The Hall–Kier alpha value is -1.23. The Morgan fingerprint density at radius 1 is 1.18 bits per heavy atom. The van der Waals surface area contributed by atoms with Crippen LogP contribution in [0.25, 0.3) is 10.8 Å². The molecule has 0 unspecified atom stereocenters. The summed E-state index contributed by atoms with van der Waals surface area (Å²) in [5.74, 6) is 3.00. The molecule has 1 heterocycles. The lowest BCUT2D eigenvalue weighted by Gasteiger charge is -2.32. The summed E-state index contributed by atoms with van der Waals surface area (Å²) in [5, 5.41) is 16.4. The minimum absolute atomic E-state index is 0.553. The molecule has 2 N–H and O–H groups in total. The lowest BCUT2D eigenvalue weighted by atomic mass is 9.96. The van der Waals surface area contributed by atoms with Gasteiger partial charge in [0.25, 0.3) is 0 Å². The van der Waals surface area contributed by atoms with Crippen LogP contribution in [0.1, 0.15) is 18.4 Å². The maximum atomic E-state index is 10.6. The Bertz CT molecular complexity index is 638. The first-order valence-corrected chi connectivity index (χ1v) is 8.93. The van der Waals surface area contributed by atoms with Gasteiger partial charge in [0.2, 0.25) is 0 Å². The van der Waals surface area contributed by atoms with Gasteiger partial charge in [-0.25, -0.2) is 0 Å². The van der Waals surface area contributed by atoms with Crippen LogP contribution in [0, 0.1) is 0 Å². The molecule has 118 valence electrons. The number of fused-ring (bicyclic) bond motifs is 1. The SMILES string of the molecule is COc1ccc2ccccc2c1CNCC1(O)CCSCC1. The second-order valence-electron chi connectivity index (χ2n) is 5.91. The molecule has 3 rings (SSSR count). The van der Waals surface area contributed by atoms with E-state index in [1.165, 1.54) is 10.8 Å². The summed E-state index contributed by atoms with van der Waals surface area (Å²) in [6.45, 7) is 1.35. The lowest BCUT2D eigenvalue weighted by molar-refractivity contribution is 0.0320. The average molecular weight is 317 g/mol. The van der Waals surface area contributed by atoms with Crippen molar-refractivity contribution in [2.45, 2.75) is 25.0 Å². The molecule has 0 amide bonds. The molecule has 1 saturated heterocycles. The van der Waals surface area contributed by atoms with Gasteiger partial charge in [-0.3, -0.25) is 0 Å². The Morgan fingerprint density at radius 3 is 2.73 bits per heavy atom. The van der Waals surface area contributed by atoms with Crippen LogP contribution < -0.4 is 10.1 Å². The molecule has 2 aromatic rings. The molecule has 1 aliphatic heterocycles. The highest BCUT2D eigenvalue weighted by atomic mass is 32.2. The van der Waals surface area contributed by atoms with Crippen LogP contribution in [-0.2, 0) is 6.54 Å². The predicted molar refractivity (Wildman–Crippen MR) is 93.7 cm³/mol. The fraction of sp³-hybridized carbons (Fsp3) is 0.444. The fourth-order valence-electron chi connectivity index (χ4n) is 3.04. The van der Waals surface area contributed by atoms with Crippen molar-refractivity contribution in [3.8, 4) is 5.75 Å². The Labute approximate surface area is 136 Å². The van der Waals surface area contributed by atoms with Gasteiger partial charge in [0.1, 0.15) is 5.75 Å². The number of nitrogens with one attached hydrogen (secondary N) is 1. The number of hydrogen-bond donors (Lipinski definition) is 2. The van der Waals surface area contributed by atoms with Gasteiger partial charge < -0.3 is 15.2 Å². The topological polar surface area (TPSA) is 41.5 Å². The molecule has 0 bridgehead atoms. The molecule has 0 saturated carbocycles. The van der Waals surface area contributed by atoms with Gasteiger partial charge in [-0.1, -0.05) is 30.3 Å². The minimum atomic E-state index is -0.553. The highest BCUT2D eigenvalue weighted by Crippen LogP contribution is 2.29. The molecular weight excluding hydrogens is 294 g/mol. The van der Waals surface area contributed by atoms with Gasteiger partial charge in [-0.2, -0.15) is 11.8 Å². The minimum Gasteiger partial charge on any atom is -0.496 e. The number of rotatable bonds is 5. The zero-order valence-corrected chi connectivity index (χ0v) is 13.8. The number of ether oxygens (including phenoxy) is 1. The van der Waals surface area contributed by atoms with Crippen molar-refractivity contribution in [3.63, 3.8) is 0 Å². The standard InChI is InChI=1S/C18H23NO2S/c1-21-17-7-6-14-4-2-3-5-15(14)16(17)12-19-13-18(20)8-10-22-11-9-18/h2-7,19-20H,8-13H2,1H3. The van der Waals surface area contributed by atoms with Gasteiger partial charge in [0.15, 0.2) is 0 Å². The number of methoxy groups -OCH3 is 1. The van der Waals surface area contributed by atoms with Crippen molar-refractivity contribution >= 4 is 22.5 Å². The third-order valence-corrected chi connectivity index (χ3v) is 5.38. The largest absolute Gasteiger partial charge is 0.496 e. The van der Waals surface area contributed by atoms with E-state index in [1.807, 2.05) is 17.8 Å². The summed E-state index contributed by atoms with van der Waals surface area (Å²) >= 11 is 1.93. The second-order valence-corrected chi connectivity index (χ2v) is 7.13. The van der Waals surface area contributed by atoms with Gasteiger partial charge in [-0.15, -0.1) is 0 Å². The fourth-order valence-corrected chi connectivity index (χ4v) is 4.29. The first kappa shape index (κ1) is 15.7. The molecule has 4 heteroatoms. The first-order chi connectivity index (χ1) is 10.7. The average Bonchev–Trinajstić information content (AvgIpc) is 2.55. The summed E-state index contributed by atoms with van der Waals surface area (Å²) in [6.07, 6.45) is 1.74. The summed E-state index contributed by atoms with van der Waals surface area (Å²) in [4.78, 5) is 0. The zero-order chi connectivity index (χ0) is 15.4. The van der Waals surface area contributed by atoms with Crippen molar-refractivity contribution in [1.82, 2.24) is 5.32 Å². The van der Waals surface area contributed by atoms with Crippen LogP contribution >= 0.6 is 11.8 Å². The molecule has 22 heavy (non-hydrogen) atoms. The van der Waals surface area contributed by atoms with Crippen molar-refractivity contribution in [1.29, 1.82) is 0 Å². The summed E-state index contributed by atoms with van der Waals surface area (Å²) < 4.78 is 5.52. The molecule has 1 fully saturated rings. The van der Waals surface area contributed by atoms with Crippen molar-refractivity contribution in [3.05, 3.63) is 42.0 Å². The maximum absolute atomic E-state index is 10.6. The number of hydrogen-bond acceptors (Lipinski definition) is 4. The van der Waals surface area contributed by atoms with Gasteiger partial charge in [-0.05, 0) is 41.2 Å². The van der Waals surface area contributed by atoms with E-state index in [9.17, 15) is 5.11 Å². The molecule has 3 nitrogen and oxygen atoms in total. The van der Waals surface area contributed by atoms with Crippen LogP contribution in [0.2, 0.25) is 0 Å². The zero-order valence-electron chi connectivity index (χ0n) is 13.0. The second kappa shape index (κ2) is 6.90. The highest BCUT2D eigenvalue weighted by molar-refractivity contribution is 7.99. The van der Waals surface area contributed by atoms with E-state index >= 15 is 0 Å². The molecule has 0 aliphatic carbocycles. The van der Waals surface area contributed by atoms with Gasteiger partial charge in [0, 0.05) is 18.7 Å². The van der Waals surface area contributed by atoms with E-state index in [-0.39, 0.29) is 0 Å². The highest BCUT2D eigenvalue weighted by Gasteiger charge is 2.28. The van der Waals surface area contributed by atoms with Crippen LogP contribution in [0.15, 0.2) is 36.4 Å². The van der Waals surface area contributed by atoms with Crippen LogP contribution in [0.4, 0.5) is 0 Å². The predicted octanol–water partition coefficient (Wildman–Crippen LogP) is 3.20.